The highest BCUT2D eigenvalue weighted by atomic mass is 19.2. The number of anilines is 2. The molecular weight excluding hydrogens is 502 g/mol. The molecule has 2 unspecified atom stereocenters. The number of nitrogens with zero attached hydrogens (tertiary/aromatic N) is 6. The van der Waals surface area contributed by atoms with Crippen LogP contribution < -0.4 is 16.4 Å². The molecule has 1 aliphatic heterocycles. The van der Waals surface area contributed by atoms with E-state index in [-0.39, 0.29) is 17.5 Å². The molecule has 2 aliphatic rings. The molecule has 9 nitrogen and oxygen atoms in total. The van der Waals surface area contributed by atoms with Crippen molar-refractivity contribution < 1.29 is 13.6 Å². The van der Waals surface area contributed by atoms with Crippen LogP contribution in [0.2, 0.25) is 0 Å². The van der Waals surface area contributed by atoms with Gasteiger partial charge in [-0.2, -0.15) is 0 Å². The lowest BCUT2D eigenvalue weighted by atomic mass is 9.79. The fourth-order valence-electron chi connectivity index (χ4n) is 5.67. The van der Waals surface area contributed by atoms with Crippen molar-refractivity contribution in [3.8, 4) is 11.3 Å². The molecule has 2 fully saturated rings. The Labute approximate surface area is 224 Å². The van der Waals surface area contributed by atoms with Gasteiger partial charge in [0.05, 0.1) is 36.0 Å². The third-order valence-electron chi connectivity index (χ3n) is 8.05. The van der Waals surface area contributed by atoms with Crippen molar-refractivity contribution in [2.75, 3.05) is 23.7 Å². The number of fused-ring (bicyclic) bond motifs is 1. The SMILES string of the molecule is CC(C(=O)C1(N)CCCN(c2cnc(-c3ccc(F)c(F)c3)cc2Cn2cnc3c(N)ncnc32)C1)C1CC1. The first-order chi connectivity index (χ1) is 18.7. The number of piperidine rings is 1. The van der Waals surface area contributed by atoms with Gasteiger partial charge in [0.25, 0.3) is 0 Å². The van der Waals surface area contributed by atoms with Gasteiger partial charge >= 0.3 is 0 Å². The first-order valence-corrected chi connectivity index (χ1v) is 13.2. The second kappa shape index (κ2) is 9.64. The minimum Gasteiger partial charge on any atom is -0.382 e. The van der Waals surface area contributed by atoms with Crippen molar-refractivity contribution >= 4 is 28.5 Å². The van der Waals surface area contributed by atoms with Crippen LogP contribution in [0, 0.1) is 23.5 Å². The highest BCUT2D eigenvalue weighted by Crippen LogP contribution is 2.40. The second-order valence-electron chi connectivity index (χ2n) is 10.8. The van der Waals surface area contributed by atoms with E-state index in [1.165, 1.54) is 12.4 Å². The Bertz CT molecular complexity index is 1570. The molecule has 202 valence electrons. The first-order valence-electron chi connectivity index (χ1n) is 13.2. The summed E-state index contributed by atoms with van der Waals surface area (Å²) in [5.74, 6) is -1.08. The largest absolute Gasteiger partial charge is 0.382 e. The first kappa shape index (κ1) is 25.3. The molecule has 0 amide bonds. The summed E-state index contributed by atoms with van der Waals surface area (Å²) in [5, 5.41) is 0. The van der Waals surface area contributed by atoms with Gasteiger partial charge in [0.1, 0.15) is 11.8 Å². The molecular formula is C28H30F2N8O. The average Bonchev–Trinajstić information content (AvgIpc) is 3.70. The lowest BCUT2D eigenvalue weighted by Gasteiger charge is -2.42. The van der Waals surface area contributed by atoms with Gasteiger partial charge < -0.3 is 20.9 Å². The molecule has 1 aromatic carbocycles. The lowest BCUT2D eigenvalue weighted by Crippen LogP contribution is -2.61. The van der Waals surface area contributed by atoms with Crippen LogP contribution in [0.25, 0.3) is 22.4 Å². The molecule has 4 N–H and O–H groups in total. The van der Waals surface area contributed by atoms with E-state index in [0.717, 1.165) is 42.6 Å². The number of benzene rings is 1. The monoisotopic (exact) mass is 532 g/mol. The number of halogens is 2. The molecule has 0 radical (unpaired) electrons. The Balaban J connectivity index is 1.39. The third kappa shape index (κ3) is 4.71. The third-order valence-corrected chi connectivity index (χ3v) is 8.05. The number of carbonyl (C=O) groups is 1. The number of nitrogen functional groups attached to an aromatic ring is 1. The number of ketones is 1. The molecule has 4 aromatic rings. The number of aromatic nitrogens is 5. The van der Waals surface area contributed by atoms with Gasteiger partial charge in [0.15, 0.2) is 28.9 Å². The molecule has 11 heteroatoms. The number of carbonyl (C=O) groups excluding carboxylic acids is 1. The number of rotatable bonds is 7. The fraction of sp³-hybridized carbons (Fsp3) is 0.393. The quantitative estimate of drug-likeness (QED) is 0.369. The van der Waals surface area contributed by atoms with Crippen molar-refractivity contribution in [3.05, 3.63) is 60.3 Å². The Hall–Kier alpha value is -3.99. The summed E-state index contributed by atoms with van der Waals surface area (Å²) in [4.78, 5) is 32.9. The van der Waals surface area contributed by atoms with Gasteiger partial charge in [0.2, 0.25) is 0 Å². The van der Waals surface area contributed by atoms with Crippen molar-refractivity contribution in [2.24, 2.45) is 17.6 Å². The number of hydrogen-bond acceptors (Lipinski definition) is 8. The van der Waals surface area contributed by atoms with Gasteiger partial charge in [-0.05, 0) is 61.4 Å². The van der Waals surface area contributed by atoms with E-state index < -0.39 is 17.2 Å². The predicted octanol–water partition coefficient (Wildman–Crippen LogP) is 3.71. The summed E-state index contributed by atoms with van der Waals surface area (Å²) in [7, 11) is 0. The molecule has 2 atom stereocenters. The van der Waals surface area contributed by atoms with Gasteiger partial charge in [-0.3, -0.25) is 9.78 Å². The predicted molar refractivity (Wildman–Crippen MR) is 144 cm³/mol. The van der Waals surface area contributed by atoms with Crippen molar-refractivity contribution in [1.29, 1.82) is 0 Å². The van der Waals surface area contributed by atoms with E-state index in [1.54, 1.807) is 12.5 Å². The molecule has 4 heterocycles. The number of Topliss-reactive ketones (excluding diaryl/α,β-unsaturated/α-hetero) is 1. The van der Waals surface area contributed by atoms with Crippen molar-refractivity contribution in [2.45, 2.75) is 44.7 Å². The average molecular weight is 533 g/mol. The minimum absolute atomic E-state index is 0.0502. The van der Waals surface area contributed by atoms with Crippen molar-refractivity contribution in [1.82, 2.24) is 24.5 Å². The molecule has 1 aliphatic carbocycles. The molecule has 0 spiro atoms. The zero-order chi connectivity index (χ0) is 27.3. The molecule has 6 rings (SSSR count). The number of nitrogens with two attached hydrogens (primary N) is 2. The Morgan fingerprint density at radius 3 is 2.74 bits per heavy atom. The smallest absolute Gasteiger partial charge is 0.165 e. The molecule has 1 saturated carbocycles. The Morgan fingerprint density at radius 1 is 1.15 bits per heavy atom. The summed E-state index contributed by atoms with van der Waals surface area (Å²) in [6, 6.07) is 5.56. The van der Waals surface area contributed by atoms with Gasteiger partial charge in [-0.25, -0.2) is 23.7 Å². The maximum atomic E-state index is 14.0. The molecule has 3 aromatic heterocycles. The van der Waals surface area contributed by atoms with E-state index in [2.05, 4.69) is 24.8 Å². The normalized spacial score (nSPS) is 20.4. The van der Waals surface area contributed by atoms with E-state index in [1.807, 2.05) is 17.6 Å². The second-order valence-corrected chi connectivity index (χ2v) is 10.8. The summed E-state index contributed by atoms with van der Waals surface area (Å²) < 4.78 is 29.5. The number of imidazole rings is 1. The van der Waals surface area contributed by atoms with Gasteiger partial charge in [0, 0.05) is 24.6 Å². The maximum absolute atomic E-state index is 14.0. The molecule has 39 heavy (non-hydrogen) atoms. The zero-order valence-corrected chi connectivity index (χ0v) is 21.6. The van der Waals surface area contributed by atoms with Crippen LogP contribution in [-0.4, -0.2) is 48.9 Å². The van der Waals surface area contributed by atoms with Crippen LogP contribution in [0.3, 0.4) is 0 Å². The Morgan fingerprint density at radius 2 is 1.97 bits per heavy atom. The van der Waals surface area contributed by atoms with Gasteiger partial charge in [-0.15, -0.1) is 0 Å². The number of pyridine rings is 1. The van der Waals surface area contributed by atoms with Crippen LogP contribution in [0.5, 0.6) is 0 Å². The fourth-order valence-corrected chi connectivity index (χ4v) is 5.67. The minimum atomic E-state index is -0.945. The van der Waals surface area contributed by atoms with E-state index in [0.29, 0.717) is 54.4 Å². The molecule has 0 bridgehead atoms. The van der Waals surface area contributed by atoms with Crippen LogP contribution in [0.1, 0.15) is 38.2 Å². The molecule has 1 saturated heterocycles. The summed E-state index contributed by atoms with van der Waals surface area (Å²) in [5.41, 5.74) is 15.5. The van der Waals surface area contributed by atoms with Gasteiger partial charge in [-0.1, -0.05) is 6.92 Å². The van der Waals surface area contributed by atoms with Crippen LogP contribution in [0.4, 0.5) is 20.3 Å². The Kier molecular flexibility index (Phi) is 6.25. The van der Waals surface area contributed by atoms with E-state index in [9.17, 15) is 13.6 Å². The topological polar surface area (TPSA) is 129 Å². The van der Waals surface area contributed by atoms with Crippen LogP contribution in [-0.2, 0) is 11.3 Å². The summed E-state index contributed by atoms with van der Waals surface area (Å²) >= 11 is 0. The van der Waals surface area contributed by atoms with Crippen molar-refractivity contribution in [3.63, 3.8) is 0 Å². The zero-order valence-electron chi connectivity index (χ0n) is 21.6. The summed E-state index contributed by atoms with van der Waals surface area (Å²) in [6.07, 6.45) is 8.31. The standard InChI is InChI=1S/C28H30F2N8O/c1-16(17-3-4-17)25(39)28(32)7-2-8-37(13-28)23-11-33-22(18-5-6-20(29)21(30)9-18)10-19(23)12-38-15-36-24-26(31)34-14-35-27(24)38/h5-6,9-11,14-17H,2-4,7-8,12-13,32H2,1H3,(H2,31,34,35). The maximum Gasteiger partial charge on any atom is 0.165 e. The summed E-state index contributed by atoms with van der Waals surface area (Å²) in [6.45, 7) is 3.43. The number of hydrogen-bond donors (Lipinski definition) is 2. The lowest BCUT2D eigenvalue weighted by molar-refractivity contribution is -0.128. The van der Waals surface area contributed by atoms with Crippen LogP contribution in [0.15, 0.2) is 43.1 Å². The highest BCUT2D eigenvalue weighted by Gasteiger charge is 2.45. The van der Waals surface area contributed by atoms with Crippen LogP contribution >= 0.6 is 0 Å². The highest BCUT2D eigenvalue weighted by molar-refractivity contribution is 5.91. The van der Waals surface area contributed by atoms with E-state index >= 15 is 0 Å². The van der Waals surface area contributed by atoms with E-state index in [4.69, 9.17) is 11.5 Å².